The fourth-order valence-electron chi connectivity index (χ4n) is 2.27. The zero-order valence-electron chi connectivity index (χ0n) is 10.3. The van der Waals surface area contributed by atoms with E-state index in [0.717, 1.165) is 24.6 Å². The third-order valence-corrected chi connectivity index (χ3v) is 3.29. The third kappa shape index (κ3) is 1.99. The van der Waals surface area contributed by atoms with Crippen molar-refractivity contribution >= 4 is 17.3 Å². The molecule has 1 aromatic carbocycles. The first-order chi connectivity index (χ1) is 9.15. The first-order valence-corrected chi connectivity index (χ1v) is 5.96. The van der Waals surface area contributed by atoms with Gasteiger partial charge >= 0.3 is 0 Å². The number of anilines is 2. The van der Waals surface area contributed by atoms with Crippen LogP contribution < -0.4 is 16.4 Å². The molecule has 4 N–H and O–H groups in total. The van der Waals surface area contributed by atoms with Gasteiger partial charge in [-0.1, -0.05) is 0 Å². The van der Waals surface area contributed by atoms with E-state index in [0.29, 0.717) is 17.8 Å². The fraction of sp³-hybridized carbons (Fsp3) is 0.250. The van der Waals surface area contributed by atoms with Crippen LogP contribution in [0.2, 0.25) is 0 Å². The van der Waals surface area contributed by atoms with Crippen molar-refractivity contribution in [2.45, 2.75) is 13.1 Å². The number of primary amides is 1. The number of nitrogen functional groups attached to an aromatic ring is 1. The van der Waals surface area contributed by atoms with Crippen LogP contribution in [0.15, 0.2) is 24.5 Å². The maximum Gasteiger partial charge on any atom is 0.248 e. The molecule has 0 radical (unpaired) electrons. The van der Waals surface area contributed by atoms with Gasteiger partial charge in [0.05, 0.1) is 17.9 Å². The van der Waals surface area contributed by atoms with E-state index >= 15 is 0 Å². The molecule has 0 spiro atoms. The highest BCUT2D eigenvalue weighted by atomic mass is 16.1. The molecule has 0 saturated carbocycles. The van der Waals surface area contributed by atoms with Gasteiger partial charge in [0, 0.05) is 18.7 Å². The zero-order chi connectivity index (χ0) is 13.4. The van der Waals surface area contributed by atoms with Gasteiger partial charge in [0.2, 0.25) is 5.91 Å². The van der Waals surface area contributed by atoms with E-state index in [1.165, 1.54) is 0 Å². The topological polar surface area (TPSA) is 103 Å². The summed E-state index contributed by atoms with van der Waals surface area (Å²) in [4.78, 5) is 13.2. The SMILES string of the molecule is NC(=O)c1ccc(N2CCn3cnnc3C2)c(N)c1. The Balaban J connectivity index is 1.90. The van der Waals surface area contributed by atoms with Crippen molar-refractivity contribution in [1.82, 2.24) is 14.8 Å². The molecule has 1 aliphatic rings. The summed E-state index contributed by atoms with van der Waals surface area (Å²) in [5.74, 6) is 0.432. The third-order valence-electron chi connectivity index (χ3n) is 3.29. The number of benzene rings is 1. The van der Waals surface area contributed by atoms with E-state index in [9.17, 15) is 4.79 Å². The van der Waals surface area contributed by atoms with Gasteiger partial charge in [-0.15, -0.1) is 10.2 Å². The minimum atomic E-state index is -0.475. The van der Waals surface area contributed by atoms with Gasteiger partial charge in [-0.2, -0.15) is 0 Å². The van der Waals surface area contributed by atoms with Crippen LogP contribution in [0.4, 0.5) is 11.4 Å². The lowest BCUT2D eigenvalue weighted by Gasteiger charge is -2.30. The Kier molecular flexibility index (Phi) is 2.59. The molecule has 0 unspecified atom stereocenters. The molecule has 0 fully saturated rings. The van der Waals surface area contributed by atoms with Gasteiger partial charge in [-0.25, -0.2) is 0 Å². The van der Waals surface area contributed by atoms with E-state index in [1.54, 1.807) is 18.5 Å². The summed E-state index contributed by atoms with van der Waals surface area (Å²) in [6, 6.07) is 5.12. The summed E-state index contributed by atoms with van der Waals surface area (Å²) < 4.78 is 2.02. The van der Waals surface area contributed by atoms with Gasteiger partial charge in [0.1, 0.15) is 6.33 Å². The Labute approximate surface area is 109 Å². The Hall–Kier alpha value is -2.57. The highest BCUT2D eigenvalue weighted by Gasteiger charge is 2.19. The summed E-state index contributed by atoms with van der Waals surface area (Å²) >= 11 is 0. The predicted molar refractivity (Wildman–Crippen MR) is 70.4 cm³/mol. The van der Waals surface area contributed by atoms with Crippen molar-refractivity contribution in [2.24, 2.45) is 5.73 Å². The van der Waals surface area contributed by atoms with Crippen molar-refractivity contribution < 1.29 is 4.79 Å². The molecule has 1 aromatic heterocycles. The van der Waals surface area contributed by atoms with Crippen molar-refractivity contribution in [3.8, 4) is 0 Å². The summed E-state index contributed by atoms with van der Waals surface area (Å²) in [5.41, 5.74) is 13.1. The molecule has 2 heterocycles. The van der Waals surface area contributed by atoms with Crippen LogP contribution in [0, 0.1) is 0 Å². The normalized spacial score (nSPS) is 14.2. The van der Waals surface area contributed by atoms with Crippen molar-refractivity contribution in [3.63, 3.8) is 0 Å². The molecule has 7 nitrogen and oxygen atoms in total. The number of amides is 1. The van der Waals surface area contributed by atoms with Crippen LogP contribution in [-0.4, -0.2) is 27.2 Å². The summed E-state index contributed by atoms with van der Waals surface area (Å²) in [6.07, 6.45) is 1.73. The number of aromatic nitrogens is 3. The molecule has 0 saturated heterocycles. The van der Waals surface area contributed by atoms with E-state index in [4.69, 9.17) is 11.5 Å². The molecule has 19 heavy (non-hydrogen) atoms. The van der Waals surface area contributed by atoms with E-state index in [1.807, 2.05) is 10.6 Å². The molecule has 2 aromatic rings. The Morgan fingerprint density at radius 1 is 1.32 bits per heavy atom. The number of nitrogens with two attached hydrogens (primary N) is 2. The average Bonchev–Trinajstić information content (AvgIpc) is 2.85. The van der Waals surface area contributed by atoms with Gasteiger partial charge in [-0.05, 0) is 18.2 Å². The first-order valence-electron chi connectivity index (χ1n) is 5.96. The molecular weight excluding hydrogens is 244 g/mol. The quantitative estimate of drug-likeness (QED) is 0.737. The second kappa shape index (κ2) is 4.27. The molecular formula is C12H14N6O. The lowest BCUT2D eigenvalue weighted by molar-refractivity contribution is 0.100. The van der Waals surface area contributed by atoms with Crippen LogP contribution in [0.1, 0.15) is 16.2 Å². The average molecular weight is 258 g/mol. The van der Waals surface area contributed by atoms with Crippen molar-refractivity contribution in [3.05, 3.63) is 35.9 Å². The van der Waals surface area contributed by atoms with E-state index in [2.05, 4.69) is 15.1 Å². The first kappa shape index (κ1) is 11.5. The fourth-order valence-corrected chi connectivity index (χ4v) is 2.27. The van der Waals surface area contributed by atoms with Crippen LogP contribution in [-0.2, 0) is 13.1 Å². The number of rotatable bonds is 2. The number of nitrogens with zero attached hydrogens (tertiary/aromatic N) is 4. The number of carbonyl (C=O) groups excluding carboxylic acids is 1. The standard InChI is InChI=1S/C12H14N6O/c13-9-5-8(12(14)19)1-2-10(9)17-3-4-18-7-15-16-11(18)6-17/h1-2,5,7H,3-4,6,13H2,(H2,14,19). The van der Waals surface area contributed by atoms with Gasteiger partial charge in [-0.3, -0.25) is 4.79 Å². The second-order valence-electron chi connectivity index (χ2n) is 4.50. The molecule has 0 atom stereocenters. The van der Waals surface area contributed by atoms with E-state index < -0.39 is 5.91 Å². The van der Waals surface area contributed by atoms with Crippen molar-refractivity contribution in [2.75, 3.05) is 17.2 Å². The van der Waals surface area contributed by atoms with Gasteiger partial charge in [0.25, 0.3) is 0 Å². The summed E-state index contributed by atoms with van der Waals surface area (Å²) in [5, 5.41) is 7.95. The van der Waals surface area contributed by atoms with Crippen molar-refractivity contribution in [1.29, 1.82) is 0 Å². The molecule has 0 bridgehead atoms. The lowest BCUT2D eigenvalue weighted by Crippen LogP contribution is -2.34. The highest BCUT2D eigenvalue weighted by molar-refractivity contribution is 5.94. The molecule has 98 valence electrons. The number of carbonyl (C=O) groups is 1. The maximum atomic E-state index is 11.1. The highest BCUT2D eigenvalue weighted by Crippen LogP contribution is 2.27. The van der Waals surface area contributed by atoms with E-state index in [-0.39, 0.29) is 0 Å². The maximum absolute atomic E-state index is 11.1. The smallest absolute Gasteiger partial charge is 0.248 e. The summed E-state index contributed by atoms with van der Waals surface area (Å²) in [7, 11) is 0. The number of fused-ring (bicyclic) bond motifs is 1. The Bertz CT molecular complexity index is 635. The zero-order valence-corrected chi connectivity index (χ0v) is 10.3. The molecule has 1 aliphatic heterocycles. The minimum absolute atomic E-state index is 0.418. The van der Waals surface area contributed by atoms with Crippen LogP contribution >= 0.6 is 0 Å². The minimum Gasteiger partial charge on any atom is -0.397 e. The van der Waals surface area contributed by atoms with Crippen LogP contribution in [0.5, 0.6) is 0 Å². The molecule has 1 amide bonds. The van der Waals surface area contributed by atoms with Crippen LogP contribution in [0.25, 0.3) is 0 Å². The molecule has 3 rings (SSSR count). The number of hydrogen-bond donors (Lipinski definition) is 2. The second-order valence-corrected chi connectivity index (χ2v) is 4.50. The lowest BCUT2D eigenvalue weighted by atomic mass is 10.1. The molecule has 7 heteroatoms. The largest absolute Gasteiger partial charge is 0.397 e. The summed E-state index contributed by atoms with van der Waals surface area (Å²) in [6.45, 7) is 2.30. The Morgan fingerprint density at radius 3 is 2.89 bits per heavy atom. The van der Waals surface area contributed by atoms with Crippen LogP contribution in [0.3, 0.4) is 0 Å². The predicted octanol–water partition coefficient (Wildman–Crippen LogP) is -0.0206. The number of hydrogen-bond acceptors (Lipinski definition) is 5. The Morgan fingerprint density at radius 2 is 2.16 bits per heavy atom. The van der Waals surface area contributed by atoms with Gasteiger partial charge in [0.15, 0.2) is 5.82 Å². The van der Waals surface area contributed by atoms with Gasteiger partial charge < -0.3 is 20.9 Å². The monoisotopic (exact) mass is 258 g/mol. The molecule has 0 aliphatic carbocycles.